The minimum atomic E-state index is -0.994. The molecule has 1 aromatic heterocycles. The first-order valence-electron chi connectivity index (χ1n) is 6.87. The lowest BCUT2D eigenvalue weighted by Crippen LogP contribution is -2.39. The van der Waals surface area contributed by atoms with E-state index >= 15 is 0 Å². The van der Waals surface area contributed by atoms with Crippen molar-refractivity contribution in [3.63, 3.8) is 0 Å². The van der Waals surface area contributed by atoms with Crippen molar-refractivity contribution in [3.8, 4) is 0 Å². The topological polar surface area (TPSA) is 65.1 Å². The standard InChI is InChI=1S/C16H16N2O2S/c19-14(12-5-3-9-17-15(12)21)18-10-16(20)8-7-11-4-1-2-6-13(11)16/h1-6,9,20H,7-8,10H2,(H,17,21)(H,18,19)/t16-/m1/s1. The van der Waals surface area contributed by atoms with Gasteiger partial charge in [0, 0.05) is 6.20 Å². The molecule has 3 N–H and O–H groups in total. The molecule has 108 valence electrons. The number of carbonyl (C=O) groups excluding carboxylic acids is 1. The average molecular weight is 300 g/mol. The van der Waals surface area contributed by atoms with E-state index < -0.39 is 5.60 Å². The van der Waals surface area contributed by atoms with E-state index in [0.29, 0.717) is 16.6 Å². The highest BCUT2D eigenvalue weighted by molar-refractivity contribution is 7.71. The summed E-state index contributed by atoms with van der Waals surface area (Å²) in [4.78, 5) is 15.0. The van der Waals surface area contributed by atoms with Gasteiger partial charge in [-0.3, -0.25) is 4.79 Å². The van der Waals surface area contributed by atoms with Gasteiger partial charge >= 0.3 is 0 Å². The molecule has 0 saturated carbocycles. The van der Waals surface area contributed by atoms with Crippen LogP contribution in [0.4, 0.5) is 0 Å². The average Bonchev–Trinajstić information content (AvgIpc) is 2.84. The molecule has 3 rings (SSSR count). The van der Waals surface area contributed by atoms with Crippen LogP contribution in [-0.2, 0) is 12.0 Å². The number of amides is 1. The molecule has 1 heterocycles. The van der Waals surface area contributed by atoms with E-state index in [2.05, 4.69) is 10.3 Å². The van der Waals surface area contributed by atoms with Crippen molar-refractivity contribution in [2.24, 2.45) is 0 Å². The van der Waals surface area contributed by atoms with Gasteiger partial charge in [0.25, 0.3) is 5.91 Å². The molecule has 1 aromatic carbocycles. The van der Waals surface area contributed by atoms with Crippen LogP contribution >= 0.6 is 12.2 Å². The Hall–Kier alpha value is -1.98. The molecule has 0 radical (unpaired) electrons. The van der Waals surface area contributed by atoms with Gasteiger partial charge < -0.3 is 15.4 Å². The highest BCUT2D eigenvalue weighted by Gasteiger charge is 2.36. The zero-order valence-electron chi connectivity index (χ0n) is 11.4. The molecular weight excluding hydrogens is 284 g/mol. The van der Waals surface area contributed by atoms with Crippen LogP contribution in [0, 0.1) is 4.64 Å². The molecular formula is C16H16N2O2S. The maximum atomic E-state index is 12.2. The molecule has 0 unspecified atom stereocenters. The molecule has 0 aliphatic heterocycles. The van der Waals surface area contributed by atoms with E-state index in [4.69, 9.17) is 12.2 Å². The van der Waals surface area contributed by atoms with E-state index in [1.54, 1.807) is 18.3 Å². The number of nitrogens with one attached hydrogen (secondary N) is 2. The summed E-state index contributed by atoms with van der Waals surface area (Å²) in [5.74, 6) is -0.269. The smallest absolute Gasteiger partial charge is 0.254 e. The Kier molecular flexibility index (Phi) is 3.61. The summed E-state index contributed by atoms with van der Waals surface area (Å²) in [7, 11) is 0. The third-order valence-electron chi connectivity index (χ3n) is 3.93. The molecule has 1 aliphatic rings. The number of fused-ring (bicyclic) bond motifs is 1. The number of aromatic amines is 1. The van der Waals surface area contributed by atoms with Crippen molar-refractivity contribution >= 4 is 18.1 Å². The number of hydrogen-bond acceptors (Lipinski definition) is 3. The summed E-state index contributed by atoms with van der Waals surface area (Å²) in [6.45, 7) is 0.187. The number of hydrogen-bond donors (Lipinski definition) is 3. The highest BCUT2D eigenvalue weighted by Crippen LogP contribution is 2.36. The third-order valence-corrected chi connectivity index (χ3v) is 4.27. The van der Waals surface area contributed by atoms with Crippen LogP contribution in [0.1, 0.15) is 27.9 Å². The van der Waals surface area contributed by atoms with Crippen molar-refractivity contribution in [2.75, 3.05) is 6.54 Å². The van der Waals surface area contributed by atoms with Gasteiger partial charge in [-0.1, -0.05) is 36.5 Å². The van der Waals surface area contributed by atoms with Gasteiger partial charge in [0.05, 0.1) is 12.1 Å². The fourth-order valence-electron chi connectivity index (χ4n) is 2.77. The Morgan fingerprint density at radius 1 is 1.33 bits per heavy atom. The van der Waals surface area contributed by atoms with E-state index in [1.807, 2.05) is 24.3 Å². The van der Waals surface area contributed by atoms with Crippen LogP contribution in [-0.4, -0.2) is 22.5 Å². The Morgan fingerprint density at radius 2 is 2.14 bits per heavy atom. The summed E-state index contributed by atoms with van der Waals surface area (Å²) in [6, 6.07) is 11.2. The predicted molar refractivity (Wildman–Crippen MR) is 82.6 cm³/mol. The third kappa shape index (κ3) is 2.62. The van der Waals surface area contributed by atoms with Crippen molar-refractivity contribution in [2.45, 2.75) is 18.4 Å². The van der Waals surface area contributed by atoms with Gasteiger partial charge in [-0.05, 0) is 36.1 Å². The Balaban J connectivity index is 1.76. The van der Waals surface area contributed by atoms with E-state index in [0.717, 1.165) is 17.5 Å². The van der Waals surface area contributed by atoms with Crippen LogP contribution in [0.3, 0.4) is 0 Å². The van der Waals surface area contributed by atoms with Gasteiger partial charge in [-0.15, -0.1) is 0 Å². The van der Waals surface area contributed by atoms with Crippen LogP contribution in [0.25, 0.3) is 0 Å². The van der Waals surface area contributed by atoms with Gasteiger partial charge in [0.1, 0.15) is 10.2 Å². The minimum absolute atomic E-state index is 0.187. The number of carbonyl (C=O) groups is 1. The number of aliphatic hydroxyl groups is 1. The fraction of sp³-hybridized carbons (Fsp3) is 0.250. The van der Waals surface area contributed by atoms with E-state index in [1.165, 1.54) is 0 Å². The zero-order chi connectivity index (χ0) is 14.9. The van der Waals surface area contributed by atoms with Gasteiger partial charge in [0.2, 0.25) is 0 Å². The Bertz CT molecular complexity index is 741. The Labute approximate surface area is 127 Å². The number of aromatic nitrogens is 1. The minimum Gasteiger partial charge on any atom is -0.383 e. The molecule has 5 heteroatoms. The van der Waals surface area contributed by atoms with Crippen molar-refractivity contribution in [1.29, 1.82) is 0 Å². The molecule has 2 aromatic rings. The van der Waals surface area contributed by atoms with Crippen molar-refractivity contribution in [1.82, 2.24) is 10.3 Å². The van der Waals surface area contributed by atoms with Crippen LogP contribution in [0.15, 0.2) is 42.6 Å². The zero-order valence-corrected chi connectivity index (χ0v) is 12.2. The van der Waals surface area contributed by atoms with Gasteiger partial charge in [-0.2, -0.15) is 0 Å². The summed E-state index contributed by atoms with van der Waals surface area (Å²) < 4.78 is 0.397. The predicted octanol–water partition coefficient (Wildman–Crippen LogP) is 2.31. The second-order valence-corrected chi connectivity index (χ2v) is 5.69. The molecule has 0 spiro atoms. The molecule has 4 nitrogen and oxygen atoms in total. The first-order chi connectivity index (χ1) is 10.1. The highest BCUT2D eigenvalue weighted by atomic mass is 32.1. The SMILES string of the molecule is O=C(NC[C@]1(O)CCc2ccccc21)c1ccc[nH]c1=S. The molecule has 0 fully saturated rings. The van der Waals surface area contributed by atoms with Gasteiger partial charge in [0.15, 0.2) is 0 Å². The number of rotatable bonds is 3. The molecule has 0 saturated heterocycles. The summed E-state index contributed by atoms with van der Waals surface area (Å²) >= 11 is 5.09. The maximum Gasteiger partial charge on any atom is 0.254 e. The van der Waals surface area contributed by atoms with Crippen molar-refractivity contribution < 1.29 is 9.90 Å². The number of benzene rings is 1. The monoisotopic (exact) mass is 300 g/mol. The second kappa shape index (κ2) is 5.42. The second-order valence-electron chi connectivity index (χ2n) is 5.28. The Morgan fingerprint density at radius 3 is 2.95 bits per heavy atom. The summed E-state index contributed by atoms with van der Waals surface area (Å²) in [5, 5.41) is 13.5. The van der Waals surface area contributed by atoms with Crippen LogP contribution in [0.2, 0.25) is 0 Å². The molecule has 0 bridgehead atoms. The van der Waals surface area contributed by atoms with Crippen LogP contribution in [0.5, 0.6) is 0 Å². The molecule has 1 atom stereocenters. The van der Waals surface area contributed by atoms with E-state index in [9.17, 15) is 9.90 Å². The lowest BCUT2D eigenvalue weighted by molar-refractivity contribution is 0.0369. The first-order valence-corrected chi connectivity index (χ1v) is 7.28. The maximum absolute atomic E-state index is 12.2. The lowest BCUT2D eigenvalue weighted by atomic mass is 9.96. The number of H-pyrrole nitrogens is 1. The van der Waals surface area contributed by atoms with Crippen LogP contribution < -0.4 is 5.32 Å². The number of aryl methyl sites for hydroxylation is 1. The van der Waals surface area contributed by atoms with E-state index in [-0.39, 0.29) is 12.5 Å². The molecule has 1 amide bonds. The fourth-order valence-corrected chi connectivity index (χ4v) is 3.00. The largest absolute Gasteiger partial charge is 0.383 e. The van der Waals surface area contributed by atoms with Gasteiger partial charge in [-0.25, -0.2) is 0 Å². The number of pyridine rings is 1. The van der Waals surface area contributed by atoms with Crippen molar-refractivity contribution in [3.05, 3.63) is 63.9 Å². The lowest BCUT2D eigenvalue weighted by Gasteiger charge is -2.24. The quantitative estimate of drug-likeness (QED) is 0.762. The summed E-state index contributed by atoms with van der Waals surface area (Å²) in [5.41, 5.74) is 1.48. The summed E-state index contributed by atoms with van der Waals surface area (Å²) in [6.07, 6.45) is 3.13. The molecule has 1 aliphatic carbocycles. The molecule has 21 heavy (non-hydrogen) atoms. The normalized spacial score (nSPS) is 20.0. The first kappa shape index (κ1) is 14.0.